The first-order valence-corrected chi connectivity index (χ1v) is 17.1. The Labute approximate surface area is 301 Å². The number of aliphatic hydroxyl groups is 5. The van der Waals surface area contributed by atoms with Gasteiger partial charge >= 0.3 is 11.9 Å². The summed E-state index contributed by atoms with van der Waals surface area (Å²) in [5.74, 6) is -1.09. The molecule has 0 aromatic heterocycles. The Morgan fingerprint density at radius 3 is 1.94 bits per heavy atom. The Balaban J connectivity index is 2.04. The van der Waals surface area contributed by atoms with Crippen LogP contribution in [0.25, 0.3) is 10.4 Å². The molecule has 0 bridgehead atoms. The van der Waals surface area contributed by atoms with E-state index >= 15 is 0 Å². The van der Waals surface area contributed by atoms with Gasteiger partial charge in [0.1, 0.15) is 61.5 Å². The van der Waals surface area contributed by atoms with Crippen LogP contribution in [0.4, 0.5) is 0 Å². The fraction of sp³-hybridized carbons (Fsp3) is 0.935. The zero-order valence-electron chi connectivity index (χ0n) is 29.8. The molecule has 2 aliphatic rings. The van der Waals surface area contributed by atoms with Crippen molar-refractivity contribution < 1.29 is 87.2 Å². The van der Waals surface area contributed by atoms with E-state index in [1.54, 1.807) is 0 Å². The number of aliphatic hydroxyl groups excluding tert-OH is 5. The Morgan fingerprint density at radius 1 is 0.750 bits per heavy atom. The summed E-state index contributed by atoms with van der Waals surface area (Å²) >= 11 is 0. The van der Waals surface area contributed by atoms with Gasteiger partial charge in [-0.2, -0.15) is 0 Å². The van der Waals surface area contributed by atoms with Gasteiger partial charge in [0, 0.05) is 25.6 Å². The van der Waals surface area contributed by atoms with Crippen molar-refractivity contribution in [1.82, 2.24) is 0 Å². The van der Waals surface area contributed by atoms with E-state index in [9.17, 15) is 35.1 Å². The van der Waals surface area contributed by atoms with E-state index in [0.29, 0.717) is 19.3 Å². The van der Waals surface area contributed by atoms with Gasteiger partial charge in [0.2, 0.25) is 0 Å². The number of unbranched alkanes of at least 4 members (excludes halogenated alkanes) is 2. The first-order chi connectivity index (χ1) is 25.2. The largest absolute Gasteiger partial charge is 0.469 e. The molecule has 0 amide bonds. The summed E-state index contributed by atoms with van der Waals surface area (Å²) in [4.78, 5) is 26.5. The molecule has 2 heterocycles. The summed E-state index contributed by atoms with van der Waals surface area (Å²) in [5, 5.41) is 53.8. The lowest BCUT2D eigenvalue weighted by Gasteiger charge is -2.48. The highest BCUT2D eigenvalue weighted by molar-refractivity contribution is 5.75. The normalized spacial score (nSPS) is 29.6. The number of nitrogens with zero attached hydrogens (tertiary/aromatic N) is 3. The molecule has 5 N–H and O–H groups in total. The quantitative estimate of drug-likeness (QED) is 0.0206. The molecule has 2 saturated heterocycles. The van der Waals surface area contributed by atoms with E-state index in [-0.39, 0.29) is 78.9 Å². The van der Waals surface area contributed by atoms with Crippen LogP contribution in [0.3, 0.4) is 0 Å². The van der Waals surface area contributed by atoms with Gasteiger partial charge in [0.15, 0.2) is 12.6 Å². The Bertz CT molecular complexity index is 1040. The number of azide groups is 1. The third kappa shape index (κ3) is 14.8. The second kappa shape index (κ2) is 26.5. The van der Waals surface area contributed by atoms with Crippen LogP contribution in [-0.2, 0) is 61.7 Å². The molecule has 2 rings (SSSR count). The molecule has 21 heteroatoms. The second-order valence-electron chi connectivity index (χ2n) is 11.7. The van der Waals surface area contributed by atoms with E-state index in [1.165, 1.54) is 21.3 Å². The average molecular weight is 758 g/mol. The van der Waals surface area contributed by atoms with E-state index in [4.69, 9.17) is 52.9 Å². The Hall–Kier alpha value is -2.31. The highest BCUT2D eigenvalue weighted by Gasteiger charge is 2.52. The maximum Gasteiger partial charge on any atom is 0.314 e. The first-order valence-electron chi connectivity index (χ1n) is 17.1. The van der Waals surface area contributed by atoms with E-state index in [0.717, 1.165) is 0 Å². The van der Waals surface area contributed by atoms with Crippen molar-refractivity contribution in [3.05, 3.63) is 10.4 Å². The van der Waals surface area contributed by atoms with Crippen molar-refractivity contribution >= 4 is 11.9 Å². The van der Waals surface area contributed by atoms with Gasteiger partial charge in [-0.1, -0.05) is 18.0 Å². The van der Waals surface area contributed by atoms with E-state index in [2.05, 4.69) is 14.8 Å². The number of carbonyl (C=O) groups is 2. The third-order valence-electron chi connectivity index (χ3n) is 8.14. The second-order valence-corrected chi connectivity index (χ2v) is 11.7. The molecule has 0 spiro atoms. The minimum atomic E-state index is -1.48. The maximum absolute atomic E-state index is 12.2. The van der Waals surface area contributed by atoms with Gasteiger partial charge in [-0.15, -0.1) is 0 Å². The van der Waals surface area contributed by atoms with Gasteiger partial charge in [-0.05, 0) is 18.4 Å². The summed E-state index contributed by atoms with van der Waals surface area (Å²) < 4.78 is 61.6. The summed E-state index contributed by atoms with van der Waals surface area (Å²) in [6, 6.07) is -0.920. The van der Waals surface area contributed by atoms with Gasteiger partial charge < -0.3 is 77.6 Å². The number of methoxy groups -OCH3 is 3. The Kier molecular flexibility index (Phi) is 23.3. The molecule has 52 heavy (non-hydrogen) atoms. The fourth-order valence-electron chi connectivity index (χ4n) is 5.68. The molecule has 0 saturated carbocycles. The number of rotatable bonds is 27. The van der Waals surface area contributed by atoms with Crippen molar-refractivity contribution in [3.63, 3.8) is 0 Å². The highest BCUT2D eigenvalue weighted by Crippen LogP contribution is 2.32. The van der Waals surface area contributed by atoms with Crippen LogP contribution >= 0.6 is 0 Å². The predicted octanol–water partition coefficient (Wildman–Crippen LogP) is -1.67. The molecule has 21 nitrogen and oxygen atoms in total. The molecule has 4 unspecified atom stereocenters. The number of ether oxygens (including phenoxy) is 11. The van der Waals surface area contributed by atoms with E-state index in [1.807, 2.05) is 0 Å². The molecule has 0 aromatic carbocycles. The lowest BCUT2D eigenvalue weighted by molar-refractivity contribution is -0.365. The SMILES string of the molecule is COC(=O)[C@H](CCCCCC(=O)OCCOCC1O[C@H](OC)C(O)[C@@H](OCCO)[C@@H]1O[C@H]1OC(COCCO)[C@@H](OC)[C@H](OCCO)C1O)N=[N+]=[N-]. The van der Waals surface area contributed by atoms with E-state index < -0.39 is 79.4 Å². The monoisotopic (exact) mass is 757 g/mol. The van der Waals surface area contributed by atoms with Crippen LogP contribution in [0.1, 0.15) is 32.1 Å². The Morgan fingerprint density at radius 2 is 1.35 bits per heavy atom. The van der Waals surface area contributed by atoms with Crippen molar-refractivity contribution in [2.75, 3.05) is 87.4 Å². The summed E-state index contributed by atoms with van der Waals surface area (Å²) in [5.41, 5.74) is 8.60. The maximum atomic E-state index is 12.2. The van der Waals surface area contributed by atoms with Crippen LogP contribution in [0.2, 0.25) is 0 Å². The molecule has 0 aliphatic carbocycles. The molecular weight excluding hydrogens is 702 g/mol. The van der Waals surface area contributed by atoms with Gasteiger partial charge in [0.25, 0.3) is 0 Å². The van der Waals surface area contributed by atoms with Gasteiger partial charge in [0.05, 0.1) is 66.6 Å². The van der Waals surface area contributed by atoms with Gasteiger partial charge in [-0.3, -0.25) is 9.59 Å². The van der Waals surface area contributed by atoms with Crippen molar-refractivity contribution in [2.45, 2.75) is 99.6 Å². The number of hydrogen-bond acceptors (Lipinski definition) is 19. The molecular formula is C31H55N3O18. The summed E-state index contributed by atoms with van der Waals surface area (Å²) in [6.45, 7) is -1.72. The first kappa shape index (κ1) is 45.8. The molecule has 11 atom stereocenters. The van der Waals surface area contributed by atoms with Crippen molar-refractivity contribution in [3.8, 4) is 0 Å². The zero-order chi connectivity index (χ0) is 38.3. The minimum Gasteiger partial charge on any atom is -0.469 e. The molecule has 2 fully saturated rings. The van der Waals surface area contributed by atoms with Crippen molar-refractivity contribution in [2.24, 2.45) is 5.11 Å². The smallest absolute Gasteiger partial charge is 0.314 e. The van der Waals surface area contributed by atoms with Gasteiger partial charge in [-0.25, -0.2) is 0 Å². The van der Waals surface area contributed by atoms with Crippen LogP contribution in [0.5, 0.6) is 0 Å². The minimum absolute atomic E-state index is 0.00158. The van der Waals surface area contributed by atoms with Crippen LogP contribution in [-0.4, -0.2) is 192 Å². The molecule has 0 radical (unpaired) electrons. The molecule has 2 aliphatic heterocycles. The molecule has 302 valence electrons. The van der Waals surface area contributed by atoms with Crippen molar-refractivity contribution in [1.29, 1.82) is 0 Å². The topological polar surface area (TPSA) is 286 Å². The lowest BCUT2D eigenvalue weighted by atomic mass is 9.96. The highest BCUT2D eigenvalue weighted by atomic mass is 16.8. The predicted molar refractivity (Wildman–Crippen MR) is 173 cm³/mol. The third-order valence-corrected chi connectivity index (χ3v) is 8.14. The average Bonchev–Trinajstić information content (AvgIpc) is 3.14. The van der Waals surface area contributed by atoms with Crippen LogP contribution in [0, 0.1) is 0 Å². The van der Waals surface area contributed by atoms with Crippen LogP contribution < -0.4 is 0 Å². The number of hydrogen-bond donors (Lipinski definition) is 5. The fourth-order valence-corrected chi connectivity index (χ4v) is 5.68. The molecule has 0 aromatic rings. The summed E-state index contributed by atoms with van der Waals surface area (Å²) in [6.07, 6.45) is -9.70. The standard InChI is InChI=1S/C31H55N3O18/c1-42-25-20(17-45-12-9-35)51-31(24(40)27(25)48-13-10-36)52-26-21(50-30(44-3)23(39)28(26)49-14-11-37)18-46-15-16-47-22(38)8-6-4-5-7-19(33-34-32)29(41)43-2/h19-21,23-28,30-31,35-37,39-40H,4-18H2,1-3H3/t19-,20?,21?,23?,24?,25+,26+,27+,28+,30-,31+/m0/s1. The van der Waals surface area contributed by atoms with Crippen LogP contribution in [0.15, 0.2) is 5.11 Å². The lowest BCUT2D eigenvalue weighted by Crippen LogP contribution is -2.66. The number of carbonyl (C=O) groups excluding carboxylic acids is 2. The zero-order valence-corrected chi connectivity index (χ0v) is 29.8. The number of esters is 2. The summed E-state index contributed by atoms with van der Waals surface area (Å²) in [7, 11) is 3.90.